The number of anilines is 1. The summed E-state index contributed by atoms with van der Waals surface area (Å²) in [6.45, 7) is 7.92. The number of halogens is 1. The van der Waals surface area contributed by atoms with Gasteiger partial charge < -0.3 is 10.1 Å². The number of hydrogen-bond acceptors (Lipinski definition) is 4. The number of amides is 1. The van der Waals surface area contributed by atoms with Crippen molar-refractivity contribution in [2.75, 3.05) is 4.72 Å². The van der Waals surface area contributed by atoms with Crippen molar-refractivity contribution in [1.82, 2.24) is 5.32 Å². The number of carbonyl (C=O) groups is 1. The Balaban J connectivity index is 1.62. The van der Waals surface area contributed by atoms with Crippen LogP contribution in [0.5, 0.6) is 5.75 Å². The first-order valence-corrected chi connectivity index (χ1v) is 13.9. The zero-order valence-electron chi connectivity index (χ0n) is 20.9. The second-order valence-electron chi connectivity index (χ2n) is 9.33. The molecule has 0 aliphatic carbocycles. The highest BCUT2D eigenvalue weighted by Gasteiger charge is 2.39. The van der Waals surface area contributed by atoms with E-state index in [-0.39, 0.29) is 33.0 Å². The number of sulfonamides is 1. The Bertz CT molecular complexity index is 1400. The summed E-state index contributed by atoms with van der Waals surface area (Å²) in [5.74, 6) is 0.382. The number of ether oxygens (including phenoxy) is 1. The van der Waals surface area contributed by atoms with E-state index in [4.69, 9.17) is 16.3 Å². The van der Waals surface area contributed by atoms with Gasteiger partial charge in [0.25, 0.3) is 15.9 Å². The number of para-hydroxylation sites is 1. The molecule has 0 spiro atoms. The van der Waals surface area contributed by atoms with Gasteiger partial charge in [0.2, 0.25) is 0 Å². The summed E-state index contributed by atoms with van der Waals surface area (Å²) in [6.07, 6.45) is 2.23. The molecule has 0 saturated carbocycles. The number of carbonyl (C=O) groups excluding carboxylic acids is 1. The Morgan fingerprint density at radius 3 is 2.47 bits per heavy atom. The standard InChI is InChI=1S/C28H31ClN2O4S/c1-5-28(6-2)17-24(21-9-7-8-10-25(21)35-28)30-27(32)20-12-13-22(29)26(16-20)36(33,34)31-23-14-11-18(3)15-19(23)4/h7-16,24,31H,5-6,17H2,1-4H3,(H,30,32)/t24-/m0/s1. The SMILES string of the molecule is CCC1(CC)C[C@H](NC(=O)c2ccc(Cl)c(S(=O)(=O)Nc3ccc(C)cc3C)c2)c2ccccc2O1. The molecule has 1 atom stereocenters. The molecule has 0 aromatic heterocycles. The molecule has 6 nitrogen and oxygen atoms in total. The lowest BCUT2D eigenvalue weighted by atomic mass is 9.83. The summed E-state index contributed by atoms with van der Waals surface area (Å²) in [5, 5.41) is 3.14. The van der Waals surface area contributed by atoms with E-state index < -0.39 is 10.0 Å². The topological polar surface area (TPSA) is 84.5 Å². The van der Waals surface area contributed by atoms with E-state index in [0.29, 0.717) is 12.1 Å². The number of hydrogen-bond donors (Lipinski definition) is 2. The fourth-order valence-corrected chi connectivity index (χ4v) is 6.31. The third-order valence-electron chi connectivity index (χ3n) is 6.90. The van der Waals surface area contributed by atoms with Gasteiger partial charge in [0.05, 0.1) is 16.8 Å². The van der Waals surface area contributed by atoms with Crippen LogP contribution in [0.15, 0.2) is 65.6 Å². The van der Waals surface area contributed by atoms with Crippen LogP contribution >= 0.6 is 11.6 Å². The summed E-state index contributed by atoms with van der Waals surface area (Å²) in [6, 6.07) is 17.1. The Hall–Kier alpha value is -3.03. The van der Waals surface area contributed by atoms with Gasteiger partial charge >= 0.3 is 0 Å². The normalized spacial score (nSPS) is 16.5. The number of rotatable bonds is 7. The predicted molar refractivity (Wildman–Crippen MR) is 143 cm³/mol. The lowest BCUT2D eigenvalue weighted by molar-refractivity contribution is 0.0227. The average molecular weight is 527 g/mol. The van der Waals surface area contributed by atoms with E-state index in [0.717, 1.165) is 35.3 Å². The Kier molecular flexibility index (Phi) is 7.34. The molecule has 1 amide bonds. The minimum absolute atomic E-state index is 0.0382. The highest BCUT2D eigenvalue weighted by molar-refractivity contribution is 7.92. The number of aryl methyl sites for hydroxylation is 2. The molecule has 8 heteroatoms. The zero-order chi connectivity index (χ0) is 26.1. The first-order valence-electron chi connectivity index (χ1n) is 12.1. The van der Waals surface area contributed by atoms with Crippen LogP contribution in [0.4, 0.5) is 5.69 Å². The summed E-state index contributed by atoms with van der Waals surface area (Å²) >= 11 is 6.28. The molecular weight excluding hydrogens is 496 g/mol. The van der Waals surface area contributed by atoms with Crippen molar-refractivity contribution in [3.8, 4) is 5.75 Å². The van der Waals surface area contributed by atoms with Gasteiger partial charge in [-0.25, -0.2) is 8.42 Å². The lowest BCUT2D eigenvalue weighted by Crippen LogP contribution is -2.44. The van der Waals surface area contributed by atoms with E-state index in [1.165, 1.54) is 18.2 Å². The maximum atomic E-state index is 13.3. The highest BCUT2D eigenvalue weighted by atomic mass is 35.5. The molecule has 190 valence electrons. The summed E-state index contributed by atoms with van der Waals surface area (Å²) in [4.78, 5) is 13.2. The van der Waals surface area contributed by atoms with Gasteiger partial charge in [-0.05, 0) is 62.6 Å². The van der Waals surface area contributed by atoms with Crippen molar-refractivity contribution in [3.63, 3.8) is 0 Å². The molecule has 36 heavy (non-hydrogen) atoms. The molecule has 0 unspecified atom stereocenters. The first kappa shape index (κ1) is 26.0. The van der Waals surface area contributed by atoms with Crippen LogP contribution in [0.1, 0.15) is 66.2 Å². The first-order chi connectivity index (χ1) is 17.1. The Morgan fingerprint density at radius 1 is 1.06 bits per heavy atom. The van der Waals surface area contributed by atoms with E-state index in [9.17, 15) is 13.2 Å². The van der Waals surface area contributed by atoms with Gasteiger partial charge in [0.1, 0.15) is 16.2 Å². The molecule has 0 fully saturated rings. The number of benzene rings is 3. The van der Waals surface area contributed by atoms with Crippen LogP contribution in [0, 0.1) is 13.8 Å². The van der Waals surface area contributed by atoms with E-state index >= 15 is 0 Å². The van der Waals surface area contributed by atoms with Crippen molar-refractivity contribution in [2.45, 2.75) is 63.5 Å². The van der Waals surface area contributed by atoms with Crippen LogP contribution in [-0.4, -0.2) is 19.9 Å². The number of nitrogens with one attached hydrogen (secondary N) is 2. The van der Waals surface area contributed by atoms with Crippen LogP contribution in [0.25, 0.3) is 0 Å². The molecule has 1 aliphatic heterocycles. The lowest BCUT2D eigenvalue weighted by Gasteiger charge is -2.41. The van der Waals surface area contributed by atoms with Crippen molar-refractivity contribution in [3.05, 3.63) is 87.9 Å². The second kappa shape index (κ2) is 10.1. The van der Waals surface area contributed by atoms with Crippen LogP contribution in [0.3, 0.4) is 0 Å². The maximum Gasteiger partial charge on any atom is 0.263 e. The minimum Gasteiger partial charge on any atom is -0.487 e. The van der Waals surface area contributed by atoms with Gasteiger partial charge in [0, 0.05) is 17.5 Å². The van der Waals surface area contributed by atoms with Gasteiger partial charge in [0.15, 0.2) is 0 Å². The predicted octanol–water partition coefficient (Wildman–Crippen LogP) is 6.57. The van der Waals surface area contributed by atoms with Crippen LogP contribution in [-0.2, 0) is 10.0 Å². The van der Waals surface area contributed by atoms with Crippen LogP contribution in [0.2, 0.25) is 5.02 Å². The highest BCUT2D eigenvalue weighted by Crippen LogP contribution is 2.42. The van der Waals surface area contributed by atoms with Crippen LogP contribution < -0.4 is 14.8 Å². The molecule has 0 saturated heterocycles. The molecule has 4 rings (SSSR count). The van der Waals surface area contributed by atoms with Crippen molar-refractivity contribution in [2.24, 2.45) is 0 Å². The maximum absolute atomic E-state index is 13.3. The fourth-order valence-electron chi connectivity index (χ4n) is 4.65. The summed E-state index contributed by atoms with van der Waals surface area (Å²) < 4.78 is 35.3. The largest absolute Gasteiger partial charge is 0.487 e. The van der Waals surface area contributed by atoms with Crippen molar-refractivity contribution in [1.29, 1.82) is 0 Å². The third kappa shape index (κ3) is 5.22. The summed E-state index contributed by atoms with van der Waals surface area (Å²) in [7, 11) is -4.03. The van der Waals surface area contributed by atoms with E-state index in [1.807, 2.05) is 50.2 Å². The Morgan fingerprint density at radius 2 is 1.78 bits per heavy atom. The van der Waals surface area contributed by atoms with E-state index in [2.05, 4.69) is 23.9 Å². The Labute approximate surface area is 218 Å². The molecule has 2 N–H and O–H groups in total. The number of fused-ring (bicyclic) bond motifs is 1. The monoisotopic (exact) mass is 526 g/mol. The van der Waals surface area contributed by atoms with Gasteiger partial charge in [-0.3, -0.25) is 9.52 Å². The van der Waals surface area contributed by atoms with Gasteiger partial charge in [-0.2, -0.15) is 0 Å². The molecule has 3 aromatic rings. The second-order valence-corrected chi connectivity index (χ2v) is 11.4. The third-order valence-corrected chi connectivity index (χ3v) is 8.75. The van der Waals surface area contributed by atoms with Crippen molar-refractivity contribution >= 4 is 33.2 Å². The quantitative estimate of drug-likeness (QED) is 0.364. The fraction of sp³-hybridized carbons (Fsp3) is 0.321. The van der Waals surface area contributed by atoms with Crippen molar-refractivity contribution < 1.29 is 17.9 Å². The molecule has 1 heterocycles. The van der Waals surface area contributed by atoms with Gasteiger partial charge in [-0.15, -0.1) is 0 Å². The average Bonchev–Trinajstić information content (AvgIpc) is 2.85. The molecule has 3 aromatic carbocycles. The van der Waals surface area contributed by atoms with Gasteiger partial charge in [-0.1, -0.05) is 61.3 Å². The smallest absolute Gasteiger partial charge is 0.263 e. The molecule has 0 bridgehead atoms. The molecule has 1 aliphatic rings. The van der Waals surface area contributed by atoms with E-state index in [1.54, 1.807) is 6.07 Å². The molecular formula is C28H31ClN2O4S. The minimum atomic E-state index is -4.03. The molecule has 0 radical (unpaired) electrons. The zero-order valence-corrected chi connectivity index (χ0v) is 22.5. The summed E-state index contributed by atoms with van der Waals surface area (Å²) in [5.41, 5.74) is 3.01.